The third-order valence-electron chi connectivity index (χ3n) is 8.07. The zero-order chi connectivity index (χ0) is 21.8. The molecule has 3 amide bonds. The minimum Gasteiger partial charge on any atom is -0.359 e. The van der Waals surface area contributed by atoms with E-state index in [0.717, 1.165) is 51.4 Å². The molecule has 2 saturated carbocycles. The summed E-state index contributed by atoms with van der Waals surface area (Å²) in [4.78, 5) is 42.1. The molecular formula is C24H35N3O4. The number of hydrogen-bond acceptors (Lipinski definition) is 4. The van der Waals surface area contributed by atoms with Gasteiger partial charge in [-0.1, -0.05) is 44.3 Å². The molecule has 5 atom stereocenters. The first-order valence-electron chi connectivity index (χ1n) is 12.2. The van der Waals surface area contributed by atoms with Gasteiger partial charge in [0.05, 0.1) is 17.9 Å². The van der Waals surface area contributed by atoms with Crippen molar-refractivity contribution in [2.45, 2.75) is 108 Å². The maximum atomic E-state index is 13.6. The number of ether oxygens (including phenoxy) is 1. The Morgan fingerprint density at radius 2 is 1.58 bits per heavy atom. The van der Waals surface area contributed by atoms with E-state index in [2.05, 4.69) is 10.6 Å². The van der Waals surface area contributed by atoms with Crippen LogP contribution in [0.2, 0.25) is 0 Å². The molecule has 0 radical (unpaired) electrons. The van der Waals surface area contributed by atoms with Crippen LogP contribution in [0.1, 0.15) is 71.6 Å². The summed E-state index contributed by atoms with van der Waals surface area (Å²) in [5, 5.41) is 6.38. The van der Waals surface area contributed by atoms with Crippen LogP contribution < -0.4 is 10.6 Å². The predicted octanol–water partition coefficient (Wildman–Crippen LogP) is 2.05. The molecule has 2 bridgehead atoms. The highest BCUT2D eigenvalue weighted by Gasteiger charge is 2.73. The summed E-state index contributed by atoms with van der Waals surface area (Å²) in [6, 6.07) is -0.524. The van der Waals surface area contributed by atoms with Crippen molar-refractivity contribution in [1.29, 1.82) is 0 Å². The van der Waals surface area contributed by atoms with E-state index in [1.165, 1.54) is 6.42 Å². The van der Waals surface area contributed by atoms with Gasteiger partial charge in [0.1, 0.15) is 11.6 Å². The largest absolute Gasteiger partial charge is 0.359 e. The van der Waals surface area contributed by atoms with Crippen LogP contribution in [0.3, 0.4) is 0 Å². The summed E-state index contributed by atoms with van der Waals surface area (Å²) in [5.74, 6) is -1.56. The van der Waals surface area contributed by atoms with Crippen molar-refractivity contribution in [2.75, 3.05) is 0 Å². The Morgan fingerprint density at radius 1 is 1.00 bits per heavy atom. The van der Waals surface area contributed by atoms with Crippen molar-refractivity contribution in [3.8, 4) is 0 Å². The van der Waals surface area contributed by atoms with E-state index < -0.39 is 29.6 Å². The molecule has 0 aromatic rings. The van der Waals surface area contributed by atoms with Crippen LogP contribution >= 0.6 is 0 Å². The molecule has 7 nitrogen and oxygen atoms in total. The van der Waals surface area contributed by atoms with Crippen LogP contribution in [0.5, 0.6) is 0 Å². The Kier molecular flexibility index (Phi) is 5.35. The van der Waals surface area contributed by atoms with Gasteiger partial charge in [0.15, 0.2) is 0 Å². The quantitative estimate of drug-likeness (QED) is 0.655. The molecule has 2 N–H and O–H groups in total. The van der Waals surface area contributed by atoms with Crippen LogP contribution in [0, 0.1) is 11.8 Å². The molecule has 0 aromatic carbocycles. The normalized spacial score (nSPS) is 37.6. The lowest BCUT2D eigenvalue weighted by atomic mass is 9.74. The van der Waals surface area contributed by atoms with E-state index >= 15 is 0 Å². The van der Waals surface area contributed by atoms with E-state index in [1.807, 2.05) is 26.0 Å². The van der Waals surface area contributed by atoms with Gasteiger partial charge in [-0.3, -0.25) is 14.4 Å². The minimum atomic E-state index is -1.04. The number of nitrogens with zero attached hydrogens (tertiary/aromatic N) is 1. The molecule has 3 heterocycles. The van der Waals surface area contributed by atoms with Gasteiger partial charge in [0.2, 0.25) is 17.7 Å². The van der Waals surface area contributed by atoms with Crippen molar-refractivity contribution in [1.82, 2.24) is 15.5 Å². The van der Waals surface area contributed by atoms with Crippen LogP contribution in [-0.2, 0) is 19.1 Å². The number of amides is 3. The van der Waals surface area contributed by atoms with Crippen LogP contribution in [0.15, 0.2) is 12.2 Å². The van der Waals surface area contributed by atoms with E-state index in [-0.39, 0.29) is 35.8 Å². The number of hydrogen-bond donors (Lipinski definition) is 2. The van der Waals surface area contributed by atoms with E-state index in [0.29, 0.717) is 0 Å². The molecule has 2 aliphatic carbocycles. The lowest BCUT2D eigenvalue weighted by Gasteiger charge is -2.34. The molecule has 0 unspecified atom stereocenters. The Hall–Kier alpha value is -1.89. The van der Waals surface area contributed by atoms with E-state index in [9.17, 15) is 14.4 Å². The topological polar surface area (TPSA) is 87.7 Å². The lowest BCUT2D eigenvalue weighted by Crippen LogP contribution is -2.57. The number of carbonyl (C=O) groups is 3. The van der Waals surface area contributed by atoms with Gasteiger partial charge >= 0.3 is 0 Å². The van der Waals surface area contributed by atoms with Crippen molar-refractivity contribution >= 4 is 17.7 Å². The average molecular weight is 430 g/mol. The fourth-order valence-corrected chi connectivity index (χ4v) is 6.66. The van der Waals surface area contributed by atoms with Gasteiger partial charge in [-0.25, -0.2) is 0 Å². The monoisotopic (exact) mass is 429 g/mol. The van der Waals surface area contributed by atoms with Gasteiger partial charge in [-0.05, 0) is 39.5 Å². The molecule has 31 heavy (non-hydrogen) atoms. The maximum Gasteiger partial charge on any atom is 0.246 e. The van der Waals surface area contributed by atoms with Gasteiger partial charge < -0.3 is 20.3 Å². The summed E-state index contributed by atoms with van der Waals surface area (Å²) in [5.41, 5.74) is -1.04. The van der Waals surface area contributed by atoms with Crippen molar-refractivity contribution in [2.24, 2.45) is 11.8 Å². The molecule has 4 fully saturated rings. The van der Waals surface area contributed by atoms with Crippen LogP contribution in [0.4, 0.5) is 0 Å². The van der Waals surface area contributed by atoms with Gasteiger partial charge in [-0.2, -0.15) is 0 Å². The summed E-state index contributed by atoms with van der Waals surface area (Å²) < 4.78 is 6.36. The summed E-state index contributed by atoms with van der Waals surface area (Å²) in [6.07, 6.45) is 13.0. The molecule has 5 aliphatic rings. The molecule has 2 saturated heterocycles. The molecule has 1 spiro atoms. The Morgan fingerprint density at radius 3 is 2.19 bits per heavy atom. The van der Waals surface area contributed by atoms with Gasteiger partial charge in [-0.15, -0.1) is 0 Å². The first-order chi connectivity index (χ1) is 14.9. The van der Waals surface area contributed by atoms with Gasteiger partial charge in [0.25, 0.3) is 0 Å². The zero-order valence-corrected chi connectivity index (χ0v) is 18.6. The molecular weight excluding hydrogens is 394 g/mol. The summed E-state index contributed by atoms with van der Waals surface area (Å²) >= 11 is 0. The second-order valence-electron chi connectivity index (χ2n) is 10.4. The standard InChI is InChI=1S/C24H35N3O4/c1-14(2)27-20(22(29)26-16-10-6-7-11-16)24-13-12-17(31-24)18(19(24)23(27)30)21(28)25-15-8-4-3-5-9-15/h12-20H,3-11H2,1-2H3,(H,25,28)(H,26,29)/t17-,18+,19+,20-,24+/m0/s1. The van der Waals surface area contributed by atoms with Crippen LogP contribution in [-0.4, -0.2) is 58.5 Å². The predicted molar refractivity (Wildman–Crippen MR) is 115 cm³/mol. The zero-order valence-electron chi connectivity index (χ0n) is 18.6. The highest BCUT2D eigenvalue weighted by atomic mass is 16.5. The fraction of sp³-hybridized carbons (Fsp3) is 0.792. The fourth-order valence-electron chi connectivity index (χ4n) is 6.66. The number of likely N-dealkylation sites (tertiary alicyclic amines) is 1. The SMILES string of the molecule is CC(C)N1C(=O)[C@H]2[C@H](C(=O)NC3CCCCC3)[C@@H]3C=C[C@]2(O3)[C@@H]1C(=O)NC1CCCC1. The highest BCUT2D eigenvalue weighted by molar-refractivity contribution is 6.00. The van der Waals surface area contributed by atoms with Crippen molar-refractivity contribution < 1.29 is 19.1 Å². The highest BCUT2D eigenvalue weighted by Crippen LogP contribution is 2.55. The lowest BCUT2D eigenvalue weighted by molar-refractivity contribution is -0.144. The summed E-state index contributed by atoms with van der Waals surface area (Å²) in [7, 11) is 0. The smallest absolute Gasteiger partial charge is 0.246 e. The summed E-state index contributed by atoms with van der Waals surface area (Å²) in [6.45, 7) is 3.86. The Bertz CT molecular complexity index is 784. The molecule has 3 aliphatic heterocycles. The van der Waals surface area contributed by atoms with Crippen LogP contribution in [0.25, 0.3) is 0 Å². The second kappa shape index (κ2) is 7.91. The molecule has 170 valence electrons. The maximum absolute atomic E-state index is 13.6. The third-order valence-corrected chi connectivity index (χ3v) is 8.07. The average Bonchev–Trinajstić information content (AvgIpc) is 3.50. The Balaban J connectivity index is 1.41. The minimum absolute atomic E-state index is 0.0953. The van der Waals surface area contributed by atoms with E-state index in [1.54, 1.807) is 4.90 Å². The molecule has 0 aromatic heterocycles. The second-order valence-corrected chi connectivity index (χ2v) is 10.4. The molecule has 5 rings (SSSR count). The number of carbonyl (C=O) groups excluding carboxylic acids is 3. The first kappa shape index (κ1) is 21.0. The number of fused-ring (bicyclic) bond motifs is 1. The Labute approximate surface area is 184 Å². The number of rotatable bonds is 5. The molecule has 7 heteroatoms. The van der Waals surface area contributed by atoms with E-state index in [4.69, 9.17) is 4.74 Å². The van der Waals surface area contributed by atoms with Crippen molar-refractivity contribution in [3.05, 3.63) is 12.2 Å². The van der Waals surface area contributed by atoms with Crippen molar-refractivity contribution in [3.63, 3.8) is 0 Å². The number of nitrogens with one attached hydrogen (secondary N) is 2. The first-order valence-corrected chi connectivity index (χ1v) is 12.2. The van der Waals surface area contributed by atoms with Gasteiger partial charge in [0, 0.05) is 18.1 Å². The third kappa shape index (κ3) is 3.31.